The van der Waals surface area contributed by atoms with E-state index >= 15 is 0 Å². The Labute approximate surface area is 161 Å². The summed E-state index contributed by atoms with van der Waals surface area (Å²) in [7, 11) is 1.60. The van der Waals surface area contributed by atoms with Gasteiger partial charge in [-0.1, -0.05) is 12.1 Å². The number of carbonyl (C=O) groups is 2. The van der Waals surface area contributed by atoms with Crippen molar-refractivity contribution in [3.63, 3.8) is 0 Å². The van der Waals surface area contributed by atoms with Gasteiger partial charge >= 0.3 is 6.09 Å². The Bertz CT molecular complexity index is 636. The van der Waals surface area contributed by atoms with Crippen LogP contribution in [0, 0.1) is 0 Å². The van der Waals surface area contributed by atoms with Gasteiger partial charge in [0.1, 0.15) is 17.9 Å². The van der Waals surface area contributed by atoms with Gasteiger partial charge in [0.15, 0.2) is 0 Å². The van der Waals surface area contributed by atoms with E-state index in [1.807, 2.05) is 24.3 Å². The second kappa shape index (κ2) is 9.60. The van der Waals surface area contributed by atoms with Crippen LogP contribution in [-0.4, -0.2) is 55.4 Å². The fourth-order valence-corrected chi connectivity index (χ4v) is 2.78. The predicted molar refractivity (Wildman–Crippen MR) is 102 cm³/mol. The van der Waals surface area contributed by atoms with Crippen LogP contribution >= 0.6 is 0 Å². The largest absolute Gasteiger partial charge is 0.497 e. The van der Waals surface area contributed by atoms with Gasteiger partial charge in [0.25, 0.3) is 0 Å². The van der Waals surface area contributed by atoms with Crippen molar-refractivity contribution >= 4 is 12.0 Å². The van der Waals surface area contributed by atoms with Crippen molar-refractivity contribution in [3.8, 4) is 5.75 Å². The van der Waals surface area contributed by atoms with E-state index < -0.39 is 11.7 Å². The van der Waals surface area contributed by atoms with E-state index in [0.29, 0.717) is 19.7 Å². The molecule has 1 fully saturated rings. The zero-order valence-electron chi connectivity index (χ0n) is 16.6. The van der Waals surface area contributed by atoms with E-state index in [0.717, 1.165) is 24.2 Å². The summed E-state index contributed by atoms with van der Waals surface area (Å²) in [6, 6.07) is 7.47. The highest BCUT2D eigenvalue weighted by Gasteiger charge is 2.28. The lowest BCUT2D eigenvalue weighted by Gasteiger charge is -2.28. The Morgan fingerprint density at radius 2 is 2.11 bits per heavy atom. The van der Waals surface area contributed by atoms with Gasteiger partial charge in [0.05, 0.1) is 19.8 Å². The summed E-state index contributed by atoms with van der Waals surface area (Å²) < 4.78 is 16.2. The third-order valence-electron chi connectivity index (χ3n) is 4.06. The topological polar surface area (TPSA) is 77.1 Å². The molecule has 1 aliphatic heterocycles. The lowest BCUT2D eigenvalue weighted by atomic mass is 10.2. The number of ether oxygens (including phenoxy) is 3. The smallest absolute Gasteiger partial charge is 0.410 e. The van der Waals surface area contributed by atoms with Crippen molar-refractivity contribution in [1.29, 1.82) is 0 Å². The molecule has 2 rings (SSSR count). The number of amides is 2. The molecule has 7 nitrogen and oxygen atoms in total. The maximum absolute atomic E-state index is 12.5. The number of nitrogens with zero attached hydrogens (tertiary/aromatic N) is 1. The third kappa shape index (κ3) is 7.46. The molecule has 1 atom stereocenters. The maximum Gasteiger partial charge on any atom is 0.410 e. The Morgan fingerprint density at radius 1 is 1.33 bits per heavy atom. The maximum atomic E-state index is 12.5. The lowest BCUT2D eigenvalue weighted by Crippen LogP contribution is -2.46. The molecule has 0 aliphatic carbocycles. The van der Waals surface area contributed by atoms with Gasteiger partial charge < -0.3 is 19.5 Å². The van der Waals surface area contributed by atoms with Crippen LogP contribution in [0.4, 0.5) is 4.79 Å². The van der Waals surface area contributed by atoms with Gasteiger partial charge in [0.2, 0.25) is 5.91 Å². The van der Waals surface area contributed by atoms with Crippen molar-refractivity contribution in [3.05, 3.63) is 29.8 Å². The Hall–Kier alpha value is -2.28. The molecule has 2 amide bonds. The van der Waals surface area contributed by atoms with Crippen molar-refractivity contribution in [2.24, 2.45) is 0 Å². The van der Waals surface area contributed by atoms with Crippen LogP contribution < -0.4 is 10.1 Å². The van der Waals surface area contributed by atoms with E-state index in [2.05, 4.69) is 5.32 Å². The fraction of sp³-hybridized carbons (Fsp3) is 0.600. The average molecular weight is 378 g/mol. The van der Waals surface area contributed by atoms with Crippen LogP contribution in [0.1, 0.15) is 39.2 Å². The minimum Gasteiger partial charge on any atom is -0.497 e. The normalized spacial score (nSPS) is 16.7. The first-order valence-electron chi connectivity index (χ1n) is 9.26. The quantitative estimate of drug-likeness (QED) is 0.789. The summed E-state index contributed by atoms with van der Waals surface area (Å²) in [5.74, 6) is 0.484. The van der Waals surface area contributed by atoms with E-state index in [1.165, 1.54) is 4.90 Å². The molecule has 150 valence electrons. The van der Waals surface area contributed by atoms with Gasteiger partial charge in [-0.15, -0.1) is 0 Å². The van der Waals surface area contributed by atoms with Crippen LogP contribution in [0.2, 0.25) is 0 Å². The van der Waals surface area contributed by atoms with Crippen molar-refractivity contribution in [2.75, 3.05) is 26.8 Å². The van der Waals surface area contributed by atoms with Gasteiger partial charge in [-0.05, 0) is 51.3 Å². The Kier molecular flexibility index (Phi) is 7.47. The second-order valence-electron chi connectivity index (χ2n) is 7.62. The highest BCUT2D eigenvalue weighted by molar-refractivity contribution is 5.82. The Balaban J connectivity index is 1.93. The number of carbonyl (C=O) groups excluding carboxylic acids is 2. The predicted octanol–water partition coefficient (Wildman–Crippen LogP) is 2.73. The number of hydrogen-bond donors (Lipinski definition) is 1. The van der Waals surface area contributed by atoms with E-state index in [1.54, 1.807) is 27.9 Å². The van der Waals surface area contributed by atoms with Crippen LogP contribution in [0.5, 0.6) is 5.75 Å². The number of nitrogens with one attached hydrogen (secondary N) is 1. The second-order valence-corrected chi connectivity index (χ2v) is 7.62. The average Bonchev–Trinajstić information content (AvgIpc) is 3.11. The highest BCUT2D eigenvalue weighted by atomic mass is 16.6. The molecule has 1 heterocycles. The lowest BCUT2D eigenvalue weighted by molar-refractivity contribution is -0.122. The van der Waals surface area contributed by atoms with Crippen LogP contribution in [0.15, 0.2) is 24.3 Å². The molecule has 1 aromatic rings. The summed E-state index contributed by atoms with van der Waals surface area (Å²) in [5, 5.41) is 2.84. The zero-order chi connectivity index (χ0) is 19.9. The molecular weight excluding hydrogens is 348 g/mol. The van der Waals surface area contributed by atoms with Crippen molar-refractivity contribution in [1.82, 2.24) is 10.2 Å². The molecule has 0 unspecified atom stereocenters. The number of benzene rings is 1. The summed E-state index contributed by atoms with van der Waals surface area (Å²) >= 11 is 0. The van der Waals surface area contributed by atoms with Crippen LogP contribution in [-0.2, 0) is 20.8 Å². The van der Waals surface area contributed by atoms with E-state index in [-0.39, 0.29) is 18.6 Å². The van der Waals surface area contributed by atoms with Gasteiger partial charge in [-0.3, -0.25) is 9.69 Å². The monoisotopic (exact) mass is 378 g/mol. The summed E-state index contributed by atoms with van der Waals surface area (Å²) in [5.41, 5.74) is 0.300. The van der Waals surface area contributed by atoms with E-state index in [4.69, 9.17) is 14.2 Å². The van der Waals surface area contributed by atoms with Crippen molar-refractivity contribution < 1.29 is 23.8 Å². The molecule has 0 radical (unpaired) electrons. The molecular formula is C20H30N2O5. The number of rotatable bonds is 7. The molecule has 1 saturated heterocycles. The molecule has 1 aliphatic rings. The van der Waals surface area contributed by atoms with Crippen LogP contribution in [0.25, 0.3) is 0 Å². The summed E-state index contributed by atoms with van der Waals surface area (Å²) in [4.78, 5) is 26.3. The van der Waals surface area contributed by atoms with Crippen LogP contribution in [0.3, 0.4) is 0 Å². The minimum absolute atomic E-state index is 0.0521. The molecule has 27 heavy (non-hydrogen) atoms. The van der Waals surface area contributed by atoms with Gasteiger partial charge in [-0.25, -0.2) is 4.79 Å². The van der Waals surface area contributed by atoms with Gasteiger partial charge in [-0.2, -0.15) is 0 Å². The number of hydrogen-bond acceptors (Lipinski definition) is 5. The third-order valence-corrected chi connectivity index (χ3v) is 4.06. The highest BCUT2D eigenvalue weighted by Crippen LogP contribution is 2.16. The first-order chi connectivity index (χ1) is 12.8. The first kappa shape index (κ1) is 21.0. The molecule has 0 bridgehead atoms. The molecule has 7 heteroatoms. The summed E-state index contributed by atoms with van der Waals surface area (Å²) in [6.07, 6.45) is 1.29. The standard InChI is InChI=1S/C20H30N2O5/c1-20(2,3)27-19(24)22(13-17-9-6-10-26-17)14-18(23)21-12-15-7-5-8-16(11-15)25-4/h5,7-8,11,17H,6,9-10,12-14H2,1-4H3,(H,21,23)/t17-/m1/s1. The SMILES string of the molecule is COc1cccc(CNC(=O)CN(C[C@H]2CCCO2)C(=O)OC(C)(C)C)c1. The fourth-order valence-electron chi connectivity index (χ4n) is 2.78. The Morgan fingerprint density at radius 3 is 2.74 bits per heavy atom. The molecule has 0 saturated carbocycles. The number of methoxy groups -OCH3 is 1. The van der Waals surface area contributed by atoms with Gasteiger partial charge in [0, 0.05) is 13.2 Å². The molecule has 0 aromatic heterocycles. The molecule has 1 N–H and O–H groups in total. The van der Waals surface area contributed by atoms with E-state index in [9.17, 15) is 9.59 Å². The molecule has 0 spiro atoms. The summed E-state index contributed by atoms with van der Waals surface area (Å²) in [6.45, 7) is 6.74. The van der Waals surface area contributed by atoms with Crippen molar-refractivity contribution in [2.45, 2.75) is 51.9 Å². The minimum atomic E-state index is -0.622. The zero-order valence-corrected chi connectivity index (χ0v) is 16.6. The first-order valence-corrected chi connectivity index (χ1v) is 9.26. The molecule has 1 aromatic carbocycles.